The van der Waals surface area contributed by atoms with Crippen LogP contribution in [-0.4, -0.2) is 32.6 Å². The van der Waals surface area contributed by atoms with Crippen LogP contribution in [0, 0.1) is 0 Å². The van der Waals surface area contributed by atoms with E-state index in [1.165, 1.54) is 0 Å². The maximum absolute atomic E-state index is 4.41. The van der Waals surface area contributed by atoms with E-state index >= 15 is 0 Å². The molecule has 3 aromatic heterocycles. The molecule has 0 amide bonds. The van der Waals surface area contributed by atoms with E-state index in [9.17, 15) is 0 Å². The minimum Gasteiger partial charge on any atom is -0.352 e. The van der Waals surface area contributed by atoms with Crippen LogP contribution >= 0.6 is 24.0 Å². The minimum atomic E-state index is 0. The Bertz CT molecular complexity index is 1090. The van der Waals surface area contributed by atoms with E-state index in [1.54, 1.807) is 13.2 Å². The van der Waals surface area contributed by atoms with Crippen LogP contribution < -0.4 is 10.6 Å². The number of aromatic nitrogens is 4. The molecule has 0 aliphatic rings. The zero-order valence-electron chi connectivity index (χ0n) is 16.0. The van der Waals surface area contributed by atoms with Gasteiger partial charge in [-0.15, -0.1) is 34.2 Å². The third kappa shape index (κ3) is 5.08. The third-order valence-corrected chi connectivity index (χ3v) is 4.37. The van der Waals surface area contributed by atoms with Crippen LogP contribution in [0.1, 0.15) is 11.4 Å². The first-order valence-corrected chi connectivity index (χ1v) is 9.07. The maximum atomic E-state index is 4.41. The van der Waals surface area contributed by atoms with Gasteiger partial charge in [-0.05, 0) is 35.9 Å². The number of guanidine groups is 1. The summed E-state index contributed by atoms with van der Waals surface area (Å²) in [6, 6.07) is 20.1. The van der Waals surface area contributed by atoms with E-state index in [1.807, 2.05) is 53.1 Å². The predicted molar refractivity (Wildman–Crippen MR) is 125 cm³/mol. The molecule has 2 N–H and O–H groups in total. The SMILES string of the molecule is CN=C(NCc1cccc(-c2ccccn2)c1)NCc1nnc2ccccn12.I. The van der Waals surface area contributed by atoms with Gasteiger partial charge in [-0.3, -0.25) is 14.4 Å². The van der Waals surface area contributed by atoms with Crippen molar-refractivity contribution in [2.75, 3.05) is 7.05 Å². The lowest BCUT2D eigenvalue weighted by Crippen LogP contribution is -2.36. The van der Waals surface area contributed by atoms with Crippen LogP contribution in [0.5, 0.6) is 0 Å². The number of pyridine rings is 2. The number of benzene rings is 1. The van der Waals surface area contributed by atoms with Gasteiger partial charge in [0.25, 0.3) is 0 Å². The first kappa shape index (κ1) is 20.7. The monoisotopic (exact) mass is 499 g/mol. The summed E-state index contributed by atoms with van der Waals surface area (Å²) >= 11 is 0. The van der Waals surface area contributed by atoms with Gasteiger partial charge in [-0.2, -0.15) is 0 Å². The third-order valence-electron chi connectivity index (χ3n) is 4.37. The molecule has 4 aromatic rings. The number of aliphatic imine (C=N–C) groups is 1. The highest BCUT2D eigenvalue weighted by molar-refractivity contribution is 14.0. The lowest BCUT2D eigenvalue weighted by Gasteiger charge is -2.12. The zero-order chi connectivity index (χ0) is 19.2. The van der Waals surface area contributed by atoms with Crippen molar-refractivity contribution in [2.45, 2.75) is 13.1 Å². The maximum Gasteiger partial charge on any atom is 0.191 e. The Morgan fingerprint density at radius 3 is 2.66 bits per heavy atom. The Balaban J connectivity index is 0.00000240. The second kappa shape index (κ2) is 9.97. The quantitative estimate of drug-likeness (QED) is 0.251. The molecule has 0 atom stereocenters. The average molecular weight is 499 g/mol. The lowest BCUT2D eigenvalue weighted by atomic mass is 10.1. The fourth-order valence-electron chi connectivity index (χ4n) is 2.95. The van der Waals surface area contributed by atoms with Crippen LogP contribution in [0.25, 0.3) is 16.9 Å². The van der Waals surface area contributed by atoms with E-state index in [0.717, 1.165) is 28.3 Å². The Morgan fingerprint density at radius 1 is 0.966 bits per heavy atom. The Hall–Kier alpha value is -3.01. The molecule has 8 heteroatoms. The van der Waals surface area contributed by atoms with E-state index < -0.39 is 0 Å². The molecule has 7 nitrogen and oxygen atoms in total. The molecule has 1 aromatic carbocycles. The number of nitrogens with one attached hydrogen (secondary N) is 2. The molecule has 4 rings (SSSR count). The van der Waals surface area contributed by atoms with Crippen LogP contribution in [0.15, 0.2) is 78.0 Å². The van der Waals surface area contributed by atoms with Gasteiger partial charge < -0.3 is 10.6 Å². The molecular formula is C21H22IN7. The molecule has 148 valence electrons. The normalized spacial score (nSPS) is 11.1. The highest BCUT2D eigenvalue weighted by atomic mass is 127. The van der Waals surface area contributed by atoms with Crippen molar-refractivity contribution in [3.8, 4) is 11.3 Å². The van der Waals surface area contributed by atoms with Crippen molar-refractivity contribution in [1.82, 2.24) is 30.2 Å². The fraction of sp³-hybridized carbons (Fsp3) is 0.143. The van der Waals surface area contributed by atoms with Crippen LogP contribution in [0.4, 0.5) is 0 Å². The molecule has 3 heterocycles. The van der Waals surface area contributed by atoms with E-state index in [0.29, 0.717) is 19.0 Å². The van der Waals surface area contributed by atoms with Crippen molar-refractivity contribution < 1.29 is 0 Å². The number of nitrogens with zero attached hydrogens (tertiary/aromatic N) is 5. The van der Waals surface area contributed by atoms with E-state index in [4.69, 9.17) is 0 Å². The number of hydrogen-bond acceptors (Lipinski definition) is 4. The summed E-state index contributed by atoms with van der Waals surface area (Å²) in [7, 11) is 1.75. The van der Waals surface area contributed by atoms with E-state index in [2.05, 4.69) is 49.0 Å². The summed E-state index contributed by atoms with van der Waals surface area (Å²) in [6.45, 7) is 1.18. The Labute approximate surface area is 186 Å². The molecule has 0 bridgehead atoms. The summed E-state index contributed by atoms with van der Waals surface area (Å²) in [4.78, 5) is 8.70. The van der Waals surface area contributed by atoms with Crippen LogP contribution in [-0.2, 0) is 13.1 Å². The first-order valence-electron chi connectivity index (χ1n) is 9.07. The predicted octanol–water partition coefficient (Wildman–Crippen LogP) is 3.27. The summed E-state index contributed by atoms with van der Waals surface area (Å²) in [6.07, 6.45) is 3.76. The largest absolute Gasteiger partial charge is 0.352 e. The van der Waals surface area contributed by atoms with Gasteiger partial charge in [-0.25, -0.2) is 0 Å². The fourth-order valence-corrected chi connectivity index (χ4v) is 2.95. The second-order valence-electron chi connectivity index (χ2n) is 6.24. The molecule has 0 saturated carbocycles. The van der Waals surface area contributed by atoms with Crippen LogP contribution in [0.3, 0.4) is 0 Å². The average Bonchev–Trinajstić information content (AvgIpc) is 3.18. The van der Waals surface area contributed by atoms with Crippen molar-refractivity contribution in [1.29, 1.82) is 0 Å². The topological polar surface area (TPSA) is 79.5 Å². The number of hydrogen-bond donors (Lipinski definition) is 2. The Morgan fingerprint density at radius 2 is 1.83 bits per heavy atom. The van der Waals surface area contributed by atoms with Gasteiger partial charge in [0.2, 0.25) is 0 Å². The molecular weight excluding hydrogens is 477 g/mol. The summed E-state index contributed by atoms with van der Waals surface area (Å²) in [5.74, 6) is 1.53. The molecule has 0 aliphatic carbocycles. The summed E-state index contributed by atoms with van der Waals surface area (Å²) < 4.78 is 1.95. The molecule has 0 saturated heterocycles. The Kier molecular flexibility index (Phi) is 7.12. The molecule has 0 spiro atoms. The molecule has 29 heavy (non-hydrogen) atoms. The molecule has 0 aliphatic heterocycles. The second-order valence-corrected chi connectivity index (χ2v) is 6.24. The van der Waals surface area contributed by atoms with Crippen molar-refractivity contribution >= 4 is 35.6 Å². The van der Waals surface area contributed by atoms with Gasteiger partial charge in [0.1, 0.15) is 0 Å². The molecule has 0 unspecified atom stereocenters. The summed E-state index contributed by atoms with van der Waals surface area (Å²) in [5, 5.41) is 15.0. The first-order chi connectivity index (χ1) is 13.8. The van der Waals surface area contributed by atoms with Crippen molar-refractivity contribution in [3.63, 3.8) is 0 Å². The summed E-state index contributed by atoms with van der Waals surface area (Å²) in [5.41, 5.74) is 4.04. The lowest BCUT2D eigenvalue weighted by molar-refractivity contribution is 0.763. The smallest absolute Gasteiger partial charge is 0.191 e. The van der Waals surface area contributed by atoms with E-state index in [-0.39, 0.29) is 24.0 Å². The minimum absolute atomic E-state index is 0. The van der Waals surface area contributed by atoms with Gasteiger partial charge in [-0.1, -0.05) is 30.3 Å². The highest BCUT2D eigenvalue weighted by Crippen LogP contribution is 2.17. The van der Waals surface area contributed by atoms with Crippen molar-refractivity contribution in [3.05, 3.63) is 84.4 Å². The van der Waals surface area contributed by atoms with Gasteiger partial charge in [0.05, 0.1) is 12.2 Å². The van der Waals surface area contributed by atoms with Gasteiger partial charge in [0.15, 0.2) is 17.4 Å². The number of fused-ring (bicyclic) bond motifs is 1. The van der Waals surface area contributed by atoms with Crippen LogP contribution in [0.2, 0.25) is 0 Å². The van der Waals surface area contributed by atoms with Gasteiger partial charge >= 0.3 is 0 Å². The van der Waals surface area contributed by atoms with Crippen molar-refractivity contribution in [2.24, 2.45) is 4.99 Å². The standard InChI is InChI=1S/C21H21N7.HI/c1-22-21(25-15-20-27-26-19-10-3-5-12-28(19)20)24-14-16-7-6-8-17(13-16)18-9-2-4-11-23-18;/h2-13H,14-15H2,1H3,(H2,22,24,25);1H. The molecule has 0 radical (unpaired) electrons. The number of halogens is 1. The molecule has 0 fully saturated rings. The van der Waals surface area contributed by atoms with Gasteiger partial charge in [0, 0.05) is 31.5 Å². The highest BCUT2D eigenvalue weighted by Gasteiger charge is 2.06. The zero-order valence-corrected chi connectivity index (χ0v) is 18.3. The number of rotatable bonds is 5.